The zero-order valence-electron chi connectivity index (χ0n) is 12.9. The minimum absolute atomic E-state index is 0.0339. The Balaban J connectivity index is 1.82. The number of nitrogens with zero attached hydrogens (tertiary/aromatic N) is 3. The van der Waals surface area contributed by atoms with Crippen LogP contribution in [0.4, 0.5) is 5.69 Å². The highest BCUT2D eigenvalue weighted by Crippen LogP contribution is 2.13. The van der Waals surface area contributed by atoms with Gasteiger partial charge >= 0.3 is 0 Å². The number of aliphatic hydroxyl groups is 1. The molecule has 0 bridgehead atoms. The van der Waals surface area contributed by atoms with Gasteiger partial charge in [-0.2, -0.15) is 0 Å². The van der Waals surface area contributed by atoms with Gasteiger partial charge in [-0.25, -0.2) is 0 Å². The van der Waals surface area contributed by atoms with E-state index in [1.807, 2.05) is 0 Å². The number of hydrogen-bond donors (Lipinski definition) is 2. The van der Waals surface area contributed by atoms with Crippen LogP contribution in [0.3, 0.4) is 0 Å². The molecule has 1 unspecified atom stereocenters. The molecule has 1 aliphatic rings. The van der Waals surface area contributed by atoms with Crippen molar-refractivity contribution in [1.82, 2.24) is 4.90 Å². The number of non-ortho nitro benzene ring substituents is 1. The second-order valence-electron chi connectivity index (χ2n) is 5.59. The third-order valence-corrected chi connectivity index (χ3v) is 3.70. The lowest BCUT2D eigenvalue weighted by Gasteiger charge is -2.27. The smallest absolute Gasteiger partial charge is 0.270 e. The van der Waals surface area contributed by atoms with Crippen molar-refractivity contribution in [2.75, 3.05) is 26.2 Å². The molecule has 8 heteroatoms. The summed E-state index contributed by atoms with van der Waals surface area (Å²) in [4.78, 5) is 17.5. The molecular weight excluding hydrogens is 300 g/mol. The maximum atomic E-state index is 10.7. The average Bonchev–Trinajstić information content (AvgIpc) is 2.55. The zero-order valence-corrected chi connectivity index (χ0v) is 12.9. The Morgan fingerprint density at radius 3 is 2.87 bits per heavy atom. The molecule has 0 spiro atoms. The van der Waals surface area contributed by atoms with Gasteiger partial charge in [-0.1, -0.05) is 23.7 Å². The topological polar surface area (TPSA) is 114 Å². The number of hydrogen-bond acceptors (Lipinski definition) is 6. The summed E-state index contributed by atoms with van der Waals surface area (Å²) in [6.45, 7) is 2.57. The summed E-state index contributed by atoms with van der Waals surface area (Å²) < 4.78 is 0. The number of aliphatic hydroxyl groups excluding tert-OH is 1. The van der Waals surface area contributed by atoms with Gasteiger partial charge in [0.25, 0.3) is 5.69 Å². The van der Waals surface area contributed by atoms with Crippen molar-refractivity contribution in [2.45, 2.75) is 25.4 Å². The number of nitro benzene ring substituents is 1. The molecule has 0 radical (unpaired) electrons. The van der Waals surface area contributed by atoms with Gasteiger partial charge in [0, 0.05) is 24.2 Å². The highest BCUT2D eigenvalue weighted by Gasteiger charge is 2.15. The molecule has 126 valence electrons. The summed E-state index contributed by atoms with van der Waals surface area (Å²) in [6.07, 6.45) is 2.92. The van der Waals surface area contributed by atoms with Crippen molar-refractivity contribution in [1.29, 1.82) is 0 Å². The number of rotatable bonds is 7. The first-order valence-corrected chi connectivity index (χ1v) is 7.67. The summed E-state index contributed by atoms with van der Waals surface area (Å²) in [5.74, 6) is 0.0406. The fourth-order valence-electron chi connectivity index (χ4n) is 2.52. The largest absolute Gasteiger partial charge is 0.391 e. The maximum absolute atomic E-state index is 10.7. The Bertz CT molecular complexity index is 558. The summed E-state index contributed by atoms with van der Waals surface area (Å²) in [6, 6.07) is 5.84. The minimum atomic E-state index is -0.644. The van der Waals surface area contributed by atoms with Crippen LogP contribution in [-0.4, -0.2) is 53.1 Å². The van der Waals surface area contributed by atoms with Crippen molar-refractivity contribution >= 4 is 11.5 Å². The van der Waals surface area contributed by atoms with E-state index in [1.165, 1.54) is 24.6 Å². The van der Waals surface area contributed by atoms with Gasteiger partial charge in [-0.3, -0.25) is 10.1 Å². The van der Waals surface area contributed by atoms with Crippen LogP contribution in [0.5, 0.6) is 0 Å². The number of piperidine rings is 1. The van der Waals surface area contributed by atoms with E-state index >= 15 is 0 Å². The summed E-state index contributed by atoms with van der Waals surface area (Å²) in [7, 11) is 0. The Hall–Kier alpha value is -2.19. The lowest BCUT2D eigenvalue weighted by atomic mass is 10.1. The lowest BCUT2D eigenvalue weighted by molar-refractivity contribution is -0.384. The van der Waals surface area contributed by atoms with E-state index in [9.17, 15) is 15.2 Å². The first-order valence-electron chi connectivity index (χ1n) is 7.67. The molecule has 23 heavy (non-hydrogen) atoms. The molecule has 1 aliphatic heterocycles. The summed E-state index contributed by atoms with van der Waals surface area (Å²) >= 11 is 0. The molecule has 1 aromatic carbocycles. The van der Waals surface area contributed by atoms with Crippen LogP contribution in [0.2, 0.25) is 0 Å². The Morgan fingerprint density at radius 2 is 2.17 bits per heavy atom. The fourth-order valence-corrected chi connectivity index (χ4v) is 2.52. The van der Waals surface area contributed by atoms with Crippen LogP contribution < -0.4 is 5.73 Å². The first-order chi connectivity index (χ1) is 11.1. The predicted molar refractivity (Wildman–Crippen MR) is 86.1 cm³/mol. The molecule has 1 fully saturated rings. The second kappa shape index (κ2) is 8.44. The highest BCUT2D eigenvalue weighted by atomic mass is 16.6. The van der Waals surface area contributed by atoms with Crippen LogP contribution in [0.25, 0.3) is 0 Å². The molecule has 0 amide bonds. The summed E-state index contributed by atoms with van der Waals surface area (Å²) in [5.41, 5.74) is 6.09. The monoisotopic (exact) mass is 322 g/mol. The number of benzene rings is 1. The number of oxime groups is 1. The SMILES string of the molecule is NC(=NOCC(O)CN1CCCCC1)c1cccc([N+](=O)[O-])c1. The van der Waals surface area contributed by atoms with Crippen LogP contribution in [0.1, 0.15) is 24.8 Å². The third-order valence-electron chi connectivity index (χ3n) is 3.70. The molecule has 1 heterocycles. The quantitative estimate of drug-likeness (QED) is 0.336. The molecule has 1 aromatic rings. The van der Waals surface area contributed by atoms with Gasteiger partial charge < -0.3 is 20.6 Å². The number of likely N-dealkylation sites (tertiary alicyclic amines) is 1. The fraction of sp³-hybridized carbons (Fsp3) is 0.533. The molecule has 1 atom stereocenters. The van der Waals surface area contributed by atoms with Crippen molar-refractivity contribution in [3.8, 4) is 0 Å². The van der Waals surface area contributed by atoms with Gasteiger partial charge in [0.1, 0.15) is 12.7 Å². The summed E-state index contributed by atoms with van der Waals surface area (Å²) in [5, 5.41) is 24.4. The van der Waals surface area contributed by atoms with Gasteiger partial charge in [0.05, 0.1) is 4.92 Å². The Labute approximate surface area is 134 Å². The van der Waals surface area contributed by atoms with E-state index < -0.39 is 11.0 Å². The van der Waals surface area contributed by atoms with E-state index in [4.69, 9.17) is 10.6 Å². The molecule has 0 aromatic heterocycles. The van der Waals surface area contributed by atoms with Crippen LogP contribution in [0.15, 0.2) is 29.4 Å². The molecule has 8 nitrogen and oxygen atoms in total. The van der Waals surface area contributed by atoms with E-state index in [0.717, 1.165) is 25.9 Å². The van der Waals surface area contributed by atoms with Gasteiger partial charge in [-0.05, 0) is 25.9 Å². The van der Waals surface area contributed by atoms with Gasteiger partial charge in [-0.15, -0.1) is 0 Å². The van der Waals surface area contributed by atoms with E-state index in [2.05, 4.69) is 10.1 Å². The molecule has 2 rings (SSSR count). The molecule has 0 saturated carbocycles. The van der Waals surface area contributed by atoms with Crippen molar-refractivity contribution < 1.29 is 14.9 Å². The molecular formula is C15H22N4O4. The van der Waals surface area contributed by atoms with Gasteiger partial charge in [0.15, 0.2) is 5.84 Å². The van der Waals surface area contributed by atoms with E-state index in [-0.39, 0.29) is 18.1 Å². The predicted octanol–water partition coefficient (Wildman–Crippen LogP) is 1.08. The molecule has 3 N–H and O–H groups in total. The van der Waals surface area contributed by atoms with Gasteiger partial charge in [0.2, 0.25) is 0 Å². The van der Waals surface area contributed by atoms with Crippen molar-refractivity contribution in [3.05, 3.63) is 39.9 Å². The highest BCUT2D eigenvalue weighted by molar-refractivity contribution is 5.97. The standard InChI is InChI=1S/C15H22N4O4/c16-15(12-5-4-6-13(9-12)19(21)22)17-23-11-14(20)10-18-7-2-1-3-8-18/h4-6,9,14,20H,1-3,7-8,10-11H2,(H2,16,17). The van der Waals surface area contributed by atoms with Crippen molar-refractivity contribution in [2.24, 2.45) is 10.9 Å². The normalized spacial score (nSPS) is 17.7. The lowest BCUT2D eigenvalue weighted by Crippen LogP contribution is -2.38. The third kappa shape index (κ3) is 5.50. The average molecular weight is 322 g/mol. The van der Waals surface area contributed by atoms with Crippen LogP contribution in [-0.2, 0) is 4.84 Å². The van der Waals surface area contributed by atoms with E-state index in [1.54, 1.807) is 6.07 Å². The number of amidine groups is 1. The first kappa shape index (κ1) is 17.2. The number of nitrogens with two attached hydrogens (primary N) is 1. The van der Waals surface area contributed by atoms with Crippen LogP contribution in [0, 0.1) is 10.1 Å². The Kier molecular flexibility index (Phi) is 6.30. The van der Waals surface area contributed by atoms with E-state index in [0.29, 0.717) is 12.1 Å². The Morgan fingerprint density at radius 1 is 1.43 bits per heavy atom. The maximum Gasteiger partial charge on any atom is 0.270 e. The minimum Gasteiger partial charge on any atom is -0.391 e. The van der Waals surface area contributed by atoms with Crippen LogP contribution >= 0.6 is 0 Å². The molecule has 1 saturated heterocycles. The molecule has 0 aliphatic carbocycles. The van der Waals surface area contributed by atoms with Crippen molar-refractivity contribution in [3.63, 3.8) is 0 Å². The number of β-amino-alcohol motifs (C(OH)–C–C–N with tert-alkyl or cyclic N) is 1. The zero-order chi connectivity index (χ0) is 16.7. The second-order valence-corrected chi connectivity index (χ2v) is 5.59. The number of nitro groups is 1.